The van der Waals surface area contributed by atoms with Crippen LogP contribution in [-0.4, -0.2) is 28.4 Å². The number of amides is 1. The zero-order valence-electron chi connectivity index (χ0n) is 11.3. The standard InChI is InChI=1S/C13H20N4OS/c1-8-5-12(17-14)11(7-15-8)13(18)16-9-3-4-10(6-9)19-2/h5,7,9-10H,3-4,6,14H2,1-2H3,(H,15,17)(H,16,18). The van der Waals surface area contributed by atoms with E-state index in [0.29, 0.717) is 16.5 Å². The molecule has 1 saturated carbocycles. The number of hydrogen-bond donors (Lipinski definition) is 3. The van der Waals surface area contributed by atoms with E-state index < -0.39 is 0 Å². The van der Waals surface area contributed by atoms with Crippen molar-refractivity contribution in [3.63, 3.8) is 0 Å². The Bertz CT molecular complexity index is 466. The molecule has 1 heterocycles. The fourth-order valence-corrected chi connectivity index (χ4v) is 3.21. The first-order valence-electron chi connectivity index (χ1n) is 6.41. The number of hydrogen-bond acceptors (Lipinski definition) is 5. The van der Waals surface area contributed by atoms with Crippen molar-refractivity contribution in [2.24, 2.45) is 5.84 Å². The lowest BCUT2D eigenvalue weighted by atomic mass is 10.1. The normalized spacial score (nSPS) is 22.3. The number of carbonyl (C=O) groups is 1. The van der Waals surface area contributed by atoms with E-state index in [9.17, 15) is 4.79 Å². The molecule has 0 aromatic carbocycles. The third-order valence-electron chi connectivity index (χ3n) is 3.49. The molecule has 0 bridgehead atoms. The SMILES string of the molecule is CSC1CCC(NC(=O)c2cnc(C)cc2NN)C1. The van der Waals surface area contributed by atoms with Crippen molar-refractivity contribution in [1.82, 2.24) is 10.3 Å². The number of aromatic nitrogens is 1. The lowest BCUT2D eigenvalue weighted by molar-refractivity contribution is 0.0938. The number of hydrazine groups is 1. The van der Waals surface area contributed by atoms with Crippen molar-refractivity contribution in [1.29, 1.82) is 0 Å². The van der Waals surface area contributed by atoms with E-state index in [1.807, 2.05) is 18.7 Å². The maximum Gasteiger partial charge on any atom is 0.255 e. The van der Waals surface area contributed by atoms with Crippen LogP contribution in [0, 0.1) is 6.92 Å². The molecule has 2 rings (SSSR count). The van der Waals surface area contributed by atoms with E-state index in [0.717, 1.165) is 18.5 Å². The molecular formula is C13H20N4OS. The highest BCUT2D eigenvalue weighted by atomic mass is 32.2. The van der Waals surface area contributed by atoms with Crippen molar-refractivity contribution >= 4 is 23.4 Å². The van der Waals surface area contributed by atoms with Crippen LogP contribution in [0.5, 0.6) is 0 Å². The van der Waals surface area contributed by atoms with Crippen molar-refractivity contribution in [2.75, 3.05) is 11.7 Å². The number of nitrogens with one attached hydrogen (secondary N) is 2. The molecule has 1 aromatic heterocycles. The van der Waals surface area contributed by atoms with Gasteiger partial charge in [-0.1, -0.05) is 0 Å². The fraction of sp³-hybridized carbons (Fsp3) is 0.538. The predicted molar refractivity (Wildman–Crippen MR) is 79.2 cm³/mol. The van der Waals surface area contributed by atoms with Gasteiger partial charge >= 0.3 is 0 Å². The highest BCUT2D eigenvalue weighted by Crippen LogP contribution is 2.28. The van der Waals surface area contributed by atoms with Gasteiger partial charge < -0.3 is 10.7 Å². The van der Waals surface area contributed by atoms with Crippen LogP contribution in [0.25, 0.3) is 0 Å². The summed E-state index contributed by atoms with van der Waals surface area (Å²) in [5, 5.41) is 3.73. The minimum atomic E-state index is -0.104. The van der Waals surface area contributed by atoms with Gasteiger partial charge in [0.2, 0.25) is 0 Å². The molecule has 6 heteroatoms. The van der Waals surface area contributed by atoms with E-state index in [4.69, 9.17) is 5.84 Å². The second-order valence-electron chi connectivity index (χ2n) is 4.86. The largest absolute Gasteiger partial charge is 0.349 e. The number of nitrogen functional groups attached to an aromatic ring is 1. The van der Waals surface area contributed by atoms with Gasteiger partial charge in [-0.15, -0.1) is 0 Å². The number of pyridine rings is 1. The quantitative estimate of drug-likeness (QED) is 0.578. The second kappa shape index (κ2) is 6.25. The van der Waals surface area contributed by atoms with E-state index in [1.165, 1.54) is 6.42 Å². The van der Waals surface area contributed by atoms with E-state index in [1.54, 1.807) is 12.3 Å². The summed E-state index contributed by atoms with van der Waals surface area (Å²) in [6, 6.07) is 2.03. The minimum Gasteiger partial charge on any atom is -0.349 e. The number of carbonyl (C=O) groups excluding carboxylic acids is 1. The summed E-state index contributed by atoms with van der Waals surface area (Å²) in [5.41, 5.74) is 4.50. The Morgan fingerprint density at radius 3 is 2.95 bits per heavy atom. The van der Waals surface area contributed by atoms with Crippen LogP contribution in [0.3, 0.4) is 0 Å². The molecule has 0 aliphatic heterocycles. The lowest BCUT2D eigenvalue weighted by Crippen LogP contribution is -2.34. The van der Waals surface area contributed by atoms with Crippen molar-refractivity contribution in [3.8, 4) is 0 Å². The van der Waals surface area contributed by atoms with Gasteiger partial charge in [-0.25, -0.2) is 0 Å². The van der Waals surface area contributed by atoms with Gasteiger partial charge in [-0.3, -0.25) is 15.6 Å². The van der Waals surface area contributed by atoms with Crippen LogP contribution in [0.1, 0.15) is 35.3 Å². The summed E-state index contributed by atoms with van der Waals surface area (Å²) < 4.78 is 0. The van der Waals surface area contributed by atoms with E-state index in [2.05, 4.69) is 22.0 Å². The molecule has 104 valence electrons. The van der Waals surface area contributed by atoms with Gasteiger partial charge in [0.1, 0.15) is 0 Å². The molecule has 1 aliphatic carbocycles. The highest BCUT2D eigenvalue weighted by Gasteiger charge is 2.26. The first-order valence-corrected chi connectivity index (χ1v) is 7.69. The van der Waals surface area contributed by atoms with Crippen molar-refractivity contribution in [3.05, 3.63) is 23.5 Å². The molecule has 4 N–H and O–H groups in total. The Balaban J connectivity index is 2.04. The van der Waals surface area contributed by atoms with Crippen LogP contribution in [0.2, 0.25) is 0 Å². The molecule has 0 radical (unpaired) electrons. The monoisotopic (exact) mass is 280 g/mol. The van der Waals surface area contributed by atoms with E-state index >= 15 is 0 Å². The second-order valence-corrected chi connectivity index (χ2v) is 5.99. The number of nitrogens with zero attached hydrogens (tertiary/aromatic N) is 1. The first-order chi connectivity index (χ1) is 9.13. The molecule has 0 saturated heterocycles. The molecule has 2 unspecified atom stereocenters. The summed E-state index contributed by atoms with van der Waals surface area (Å²) in [6.07, 6.45) is 6.94. The average molecular weight is 280 g/mol. The number of anilines is 1. The number of aryl methyl sites for hydroxylation is 1. The Labute approximate surface area is 117 Å². The number of thioether (sulfide) groups is 1. The Morgan fingerprint density at radius 2 is 2.32 bits per heavy atom. The van der Waals surface area contributed by atoms with Gasteiger partial charge in [0.05, 0.1) is 11.3 Å². The average Bonchev–Trinajstić information content (AvgIpc) is 2.86. The molecule has 0 spiro atoms. The Kier molecular flexibility index (Phi) is 4.66. The van der Waals surface area contributed by atoms with Crippen molar-refractivity contribution in [2.45, 2.75) is 37.5 Å². The molecule has 19 heavy (non-hydrogen) atoms. The molecule has 1 fully saturated rings. The first kappa shape index (κ1) is 14.1. The summed E-state index contributed by atoms with van der Waals surface area (Å²) in [4.78, 5) is 16.4. The Morgan fingerprint density at radius 1 is 1.53 bits per heavy atom. The van der Waals surface area contributed by atoms with E-state index in [-0.39, 0.29) is 11.9 Å². The van der Waals surface area contributed by atoms with Gasteiger partial charge in [0, 0.05) is 23.2 Å². The maximum absolute atomic E-state index is 12.2. The fourth-order valence-electron chi connectivity index (χ4n) is 2.41. The van der Waals surface area contributed by atoms with Gasteiger partial charge in [-0.2, -0.15) is 11.8 Å². The molecule has 2 atom stereocenters. The summed E-state index contributed by atoms with van der Waals surface area (Å²) in [6.45, 7) is 1.86. The van der Waals surface area contributed by atoms with Gasteiger partial charge in [-0.05, 0) is 38.5 Å². The van der Waals surface area contributed by atoms with Crippen LogP contribution < -0.4 is 16.6 Å². The minimum absolute atomic E-state index is 0.104. The molecule has 1 amide bonds. The lowest BCUT2D eigenvalue weighted by Gasteiger charge is -2.14. The predicted octanol–water partition coefficient (Wildman–Crippen LogP) is 1.69. The summed E-state index contributed by atoms with van der Waals surface area (Å²) in [7, 11) is 0. The van der Waals surface area contributed by atoms with Crippen LogP contribution in [0.4, 0.5) is 5.69 Å². The topological polar surface area (TPSA) is 80.0 Å². The Hall–Kier alpha value is -1.27. The van der Waals surface area contributed by atoms with Crippen LogP contribution in [-0.2, 0) is 0 Å². The molecular weight excluding hydrogens is 260 g/mol. The zero-order chi connectivity index (χ0) is 13.8. The number of nitrogens with two attached hydrogens (primary N) is 1. The molecule has 1 aliphatic rings. The van der Waals surface area contributed by atoms with Crippen LogP contribution >= 0.6 is 11.8 Å². The third kappa shape index (κ3) is 3.39. The summed E-state index contributed by atoms with van der Waals surface area (Å²) >= 11 is 1.87. The molecule has 5 nitrogen and oxygen atoms in total. The summed E-state index contributed by atoms with van der Waals surface area (Å²) in [5.74, 6) is 5.34. The van der Waals surface area contributed by atoms with Gasteiger partial charge in [0.15, 0.2) is 0 Å². The number of rotatable bonds is 4. The maximum atomic E-state index is 12.2. The zero-order valence-corrected chi connectivity index (χ0v) is 12.1. The molecule has 1 aromatic rings. The van der Waals surface area contributed by atoms with Crippen molar-refractivity contribution < 1.29 is 4.79 Å². The third-order valence-corrected chi connectivity index (χ3v) is 4.59. The van der Waals surface area contributed by atoms with Crippen LogP contribution in [0.15, 0.2) is 12.3 Å². The highest BCUT2D eigenvalue weighted by molar-refractivity contribution is 7.99. The van der Waals surface area contributed by atoms with Gasteiger partial charge in [0.25, 0.3) is 5.91 Å². The smallest absolute Gasteiger partial charge is 0.255 e.